The number of alkyl carbamates (subject to hydrolysis) is 2. The highest BCUT2D eigenvalue weighted by atomic mass is 32.2. The number of amides is 2. The summed E-state index contributed by atoms with van der Waals surface area (Å²) in [7, 11) is -11.4. The number of benzene rings is 2. The molecule has 0 saturated carbocycles. The van der Waals surface area contributed by atoms with Crippen molar-refractivity contribution in [1.29, 1.82) is 0 Å². The van der Waals surface area contributed by atoms with Crippen LogP contribution in [0.4, 0.5) is 9.59 Å². The van der Waals surface area contributed by atoms with Gasteiger partial charge in [0.2, 0.25) is 0 Å². The molecule has 0 fully saturated rings. The van der Waals surface area contributed by atoms with Gasteiger partial charge in [0.1, 0.15) is 11.2 Å². The zero-order valence-corrected chi connectivity index (χ0v) is 32.6. The van der Waals surface area contributed by atoms with Crippen molar-refractivity contribution in [3.8, 4) is 0 Å². The highest BCUT2D eigenvalue weighted by molar-refractivity contribution is 7.91. The minimum Gasteiger partial charge on any atom is -0.455 e. The second-order valence-electron chi connectivity index (χ2n) is 14.1. The highest BCUT2D eigenvalue weighted by Gasteiger charge is 2.34. The first kappa shape index (κ1) is 40.4. The summed E-state index contributed by atoms with van der Waals surface area (Å²) in [6.07, 6.45) is 0.0382. The van der Waals surface area contributed by atoms with E-state index in [0.29, 0.717) is 25.9 Å². The molecule has 0 heterocycles. The van der Waals surface area contributed by atoms with Crippen molar-refractivity contribution in [3.05, 3.63) is 60.7 Å². The normalized spacial score (nSPS) is 13.1. The van der Waals surface area contributed by atoms with Gasteiger partial charge in [0, 0.05) is 13.1 Å². The van der Waals surface area contributed by atoms with Crippen molar-refractivity contribution >= 4 is 48.5 Å². The number of ether oxygens (including phenoxy) is 2. The quantitative estimate of drug-likeness (QED) is 0.136. The molecular weight excluding hydrogens is 677 g/mol. The van der Waals surface area contributed by atoms with E-state index in [1.807, 2.05) is 0 Å². The van der Waals surface area contributed by atoms with Crippen LogP contribution < -0.4 is 10.6 Å². The lowest BCUT2D eigenvalue weighted by Gasteiger charge is -2.34. The largest absolute Gasteiger partial charge is 0.455 e. The minimum absolute atomic E-state index is 0.184. The molecule has 0 aliphatic heterocycles. The van der Waals surface area contributed by atoms with Gasteiger partial charge in [-0.2, -0.15) is 0 Å². The summed E-state index contributed by atoms with van der Waals surface area (Å²) in [6, 6.07) is 17.8. The number of hydrogen-bond acceptors (Lipinski definition) is 9. The van der Waals surface area contributed by atoms with E-state index in [9.17, 15) is 26.4 Å². The van der Waals surface area contributed by atoms with Gasteiger partial charge >= 0.3 is 12.2 Å². The van der Waals surface area contributed by atoms with Crippen molar-refractivity contribution < 1.29 is 40.0 Å². The summed E-state index contributed by atoms with van der Waals surface area (Å²) in [4.78, 5) is 25.2. The maximum atomic E-state index is 12.7. The Morgan fingerprint density at radius 3 is 1.26 bits per heavy atom. The lowest BCUT2D eigenvalue weighted by atomic mass is 10.2. The van der Waals surface area contributed by atoms with E-state index >= 15 is 0 Å². The monoisotopic (exact) mass is 728 g/mol. The molecule has 2 aromatic rings. The third kappa shape index (κ3) is 15.4. The van der Waals surface area contributed by atoms with E-state index in [2.05, 4.69) is 36.8 Å². The predicted octanol–water partition coefficient (Wildman–Crippen LogP) is 6.15. The van der Waals surface area contributed by atoms with Gasteiger partial charge in [0.05, 0.1) is 21.3 Å². The average molecular weight is 729 g/mol. The Balaban J connectivity index is 1.70. The molecule has 0 unspecified atom stereocenters. The van der Waals surface area contributed by atoms with E-state index in [-0.39, 0.29) is 21.3 Å². The summed E-state index contributed by atoms with van der Waals surface area (Å²) in [5, 5.41) is 5.45. The fourth-order valence-corrected chi connectivity index (χ4v) is 17.5. The van der Waals surface area contributed by atoms with Crippen LogP contribution in [0, 0.1) is 0 Å². The van der Waals surface area contributed by atoms with Crippen molar-refractivity contribution in [1.82, 2.24) is 10.6 Å². The van der Waals surface area contributed by atoms with Gasteiger partial charge in [0.25, 0.3) is 0 Å². The third-order valence-corrected chi connectivity index (χ3v) is 18.7. The summed E-state index contributed by atoms with van der Waals surface area (Å²) in [5.74, 6) is -0.669. The zero-order chi connectivity index (χ0) is 35.6. The first-order valence-corrected chi connectivity index (χ1v) is 25.3. The molecule has 0 spiro atoms. The van der Waals surface area contributed by atoms with E-state index in [0.717, 1.165) is 12.1 Å². The third-order valence-electron chi connectivity index (χ3n) is 7.02. The molecule has 0 aromatic heterocycles. The van der Waals surface area contributed by atoms with E-state index < -0.39 is 59.7 Å². The Morgan fingerprint density at radius 2 is 0.936 bits per heavy atom. The fourth-order valence-electron chi connectivity index (χ4n) is 5.23. The van der Waals surface area contributed by atoms with E-state index in [1.54, 1.807) is 64.1 Å². The first-order chi connectivity index (χ1) is 21.5. The highest BCUT2D eigenvalue weighted by Crippen LogP contribution is 2.24. The Labute approximate surface area is 283 Å². The molecule has 0 aliphatic carbocycles. The number of sulfone groups is 2. The van der Waals surface area contributed by atoms with Crippen LogP contribution in [0.2, 0.25) is 38.3 Å². The predicted molar refractivity (Wildman–Crippen MR) is 189 cm³/mol. The first-order valence-electron chi connectivity index (χ1n) is 15.7. The fraction of sp³-hybridized carbons (Fsp3) is 0.562. The smallest absolute Gasteiger partial charge is 0.407 e. The SMILES string of the molecule is CC(C)(CS(=O)(=O)c1ccccc1)OC(=O)NCCC[Si](C)(C)O[Si](C)(C)CCCNC(=O)OC(C)(C)CS(=O)(=O)c1ccccc1. The molecule has 264 valence electrons. The number of nitrogens with one attached hydrogen (secondary N) is 2. The molecule has 15 heteroatoms. The second-order valence-corrected chi connectivity index (χ2v) is 27.0. The van der Waals surface area contributed by atoms with Gasteiger partial charge in [0.15, 0.2) is 36.3 Å². The van der Waals surface area contributed by atoms with Crippen LogP contribution in [-0.2, 0) is 33.3 Å². The Kier molecular flexibility index (Phi) is 14.3. The molecule has 11 nitrogen and oxygen atoms in total. The van der Waals surface area contributed by atoms with Crippen LogP contribution in [0.5, 0.6) is 0 Å². The summed E-state index contributed by atoms with van der Waals surface area (Å²) < 4.78 is 68.3. The Bertz CT molecular complexity index is 1420. The topological polar surface area (TPSA) is 154 Å². The zero-order valence-electron chi connectivity index (χ0n) is 28.9. The summed E-state index contributed by atoms with van der Waals surface area (Å²) in [5.41, 5.74) is -2.42. The molecule has 2 amide bonds. The molecule has 2 aromatic carbocycles. The van der Waals surface area contributed by atoms with Crippen molar-refractivity contribution in [2.75, 3.05) is 24.6 Å². The van der Waals surface area contributed by atoms with Crippen LogP contribution >= 0.6 is 0 Å². The van der Waals surface area contributed by atoms with Gasteiger partial charge in [-0.3, -0.25) is 0 Å². The Morgan fingerprint density at radius 1 is 0.617 bits per heavy atom. The Hall–Kier alpha value is -2.73. The van der Waals surface area contributed by atoms with Crippen LogP contribution in [0.15, 0.2) is 70.5 Å². The molecule has 2 rings (SSSR count). The van der Waals surface area contributed by atoms with E-state index in [4.69, 9.17) is 13.6 Å². The molecule has 0 bridgehead atoms. The lowest BCUT2D eigenvalue weighted by Crippen LogP contribution is -2.45. The van der Waals surface area contributed by atoms with Gasteiger partial charge in [-0.15, -0.1) is 0 Å². The van der Waals surface area contributed by atoms with Crippen LogP contribution in [-0.4, -0.2) is 81.5 Å². The number of carbonyl (C=O) groups is 2. The molecule has 0 aliphatic rings. The second kappa shape index (κ2) is 16.6. The minimum atomic E-state index is -3.62. The van der Waals surface area contributed by atoms with Crippen LogP contribution in [0.3, 0.4) is 0 Å². The van der Waals surface area contributed by atoms with Gasteiger partial charge < -0.3 is 24.2 Å². The molecule has 0 radical (unpaired) electrons. The molecule has 0 saturated heterocycles. The summed E-state index contributed by atoms with van der Waals surface area (Å²) >= 11 is 0. The van der Waals surface area contributed by atoms with Crippen LogP contribution in [0.25, 0.3) is 0 Å². The van der Waals surface area contributed by atoms with Crippen molar-refractivity contribution in [2.45, 2.75) is 99.8 Å². The summed E-state index contributed by atoms with van der Waals surface area (Å²) in [6.45, 7) is 15.6. The maximum absolute atomic E-state index is 12.7. The molecular formula is C32H52N2O9S2Si2. The van der Waals surface area contributed by atoms with Gasteiger partial charge in [-0.05, 0) is 103 Å². The maximum Gasteiger partial charge on any atom is 0.407 e. The number of hydrogen-bond donors (Lipinski definition) is 2. The average Bonchev–Trinajstić information content (AvgIpc) is 2.92. The van der Waals surface area contributed by atoms with Crippen LogP contribution in [0.1, 0.15) is 40.5 Å². The molecule has 0 atom stereocenters. The number of rotatable bonds is 18. The standard InChI is InChI=1S/C32H52N2O9S2Si2/c1-31(2,25-44(37,38)27-17-11-9-12-18-27)41-29(35)33-21-15-23-46(5,6)43-47(7,8)24-16-22-34-30(36)42-32(3,4)26-45(39,40)28-19-13-10-14-20-28/h9-14,17-20H,15-16,21-26H2,1-8H3,(H,33,35)(H,34,36). The van der Waals surface area contributed by atoms with Crippen molar-refractivity contribution in [2.24, 2.45) is 0 Å². The molecule has 2 N–H and O–H groups in total. The van der Waals surface area contributed by atoms with E-state index in [1.165, 1.54) is 24.3 Å². The van der Waals surface area contributed by atoms with Gasteiger partial charge in [-0.25, -0.2) is 26.4 Å². The lowest BCUT2D eigenvalue weighted by molar-refractivity contribution is 0.0537. The van der Waals surface area contributed by atoms with Gasteiger partial charge in [-0.1, -0.05) is 36.4 Å². The molecule has 47 heavy (non-hydrogen) atoms. The van der Waals surface area contributed by atoms with Crippen molar-refractivity contribution in [3.63, 3.8) is 0 Å². The number of carbonyl (C=O) groups excluding carboxylic acids is 2.